The van der Waals surface area contributed by atoms with Crippen LogP contribution in [0.15, 0.2) is 0 Å². The van der Waals surface area contributed by atoms with E-state index in [0.717, 1.165) is 24.5 Å². The molecular formula is C14H29NOS. The maximum atomic E-state index is 11.5. The number of thioether (sulfide) groups is 1. The third kappa shape index (κ3) is 13.8. The number of carbonyl (C=O) groups is 1. The van der Waals surface area contributed by atoms with Crippen molar-refractivity contribution in [1.82, 2.24) is 5.32 Å². The molecule has 0 heterocycles. The first kappa shape index (κ1) is 16.8. The van der Waals surface area contributed by atoms with Crippen molar-refractivity contribution in [1.29, 1.82) is 0 Å². The van der Waals surface area contributed by atoms with E-state index in [0.29, 0.717) is 17.3 Å². The molecule has 3 heteroatoms. The molecule has 0 aliphatic heterocycles. The molecule has 0 atom stereocenters. The van der Waals surface area contributed by atoms with Gasteiger partial charge in [0.25, 0.3) is 0 Å². The minimum absolute atomic E-state index is 0.190. The molecule has 17 heavy (non-hydrogen) atoms. The molecule has 0 radical (unpaired) electrons. The molecule has 0 fully saturated rings. The number of amides is 1. The fraction of sp³-hybridized carbons (Fsp3) is 0.929. The summed E-state index contributed by atoms with van der Waals surface area (Å²) < 4.78 is 0. The van der Waals surface area contributed by atoms with Crippen LogP contribution in [0.5, 0.6) is 0 Å². The van der Waals surface area contributed by atoms with Gasteiger partial charge in [0.2, 0.25) is 5.91 Å². The van der Waals surface area contributed by atoms with E-state index in [1.807, 2.05) is 11.8 Å². The molecular weight excluding hydrogens is 230 g/mol. The van der Waals surface area contributed by atoms with Crippen molar-refractivity contribution in [3.63, 3.8) is 0 Å². The summed E-state index contributed by atoms with van der Waals surface area (Å²) in [4.78, 5) is 11.5. The van der Waals surface area contributed by atoms with Gasteiger partial charge in [0.15, 0.2) is 0 Å². The molecule has 1 amide bonds. The molecule has 102 valence electrons. The molecule has 0 spiro atoms. The number of carbonyl (C=O) groups excluding carboxylic acids is 1. The quantitative estimate of drug-likeness (QED) is 0.737. The second-order valence-corrected chi connectivity index (χ2v) is 8.13. The lowest BCUT2D eigenvalue weighted by atomic mass is 9.92. The van der Waals surface area contributed by atoms with Crippen LogP contribution in [0.2, 0.25) is 0 Å². The van der Waals surface area contributed by atoms with Gasteiger partial charge in [0.05, 0.1) is 0 Å². The second kappa shape index (κ2) is 7.30. The van der Waals surface area contributed by atoms with E-state index < -0.39 is 0 Å². The largest absolute Gasteiger partial charge is 0.356 e. The van der Waals surface area contributed by atoms with Gasteiger partial charge in [-0.2, -0.15) is 11.8 Å². The van der Waals surface area contributed by atoms with Gasteiger partial charge in [-0.3, -0.25) is 4.79 Å². The van der Waals surface area contributed by atoms with Crippen molar-refractivity contribution in [2.24, 2.45) is 10.8 Å². The van der Waals surface area contributed by atoms with E-state index in [4.69, 9.17) is 0 Å². The van der Waals surface area contributed by atoms with Gasteiger partial charge in [0.1, 0.15) is 0 Å². The molecule has 0 saturated carbocycles. The molecule has 0 saturated heterocycles. The summed E-state index contributed by atoms with van der Waals surface area (Å²) in [6.07, 6.45) is 1.68. The Balaban J connectivity index is 3.48. The van der Waals surface area contributed by atoms with Crippen LogP contribution in [0, 0.1) is 10.8 Å². The summed E-state index contributed by atoms with van der Waals surface area (Å²) in [5.41, 5.74) is 0.654. The van der Waals surface area contributed by atoms with Crippen molar-refractivity contribution >= 4 is 17.7 Å². The average molecular weight is 259 g/mol. The summed E-state index contributed by atoms with van der Waals surface area (Å²) in [5.74, 6) is 2.23. The predicted octanol–water partition coefficient (Wildman–Crippen LogP) is 3.71. The van der Waals surface area contributed by atoms with Gasteiger partial charge in [-0.15, -0.1) is 0 Å². The summed E-state index contributed by atoms with van der Waals surface area (Å²) in [6.45, 7) is 14.1. The van der Waals surface area contributed by atoms with Crippen molar-refractivity contribution in [2.45, 2.75) is 54.4 Å². The first-order chi connectivity index (χ1) is 7.60. The van der Waals surface area contributed by atoms with Crippen molar-refractivity contribution in [2.75, 3.05) is 18.1 Å². The Hall–Kier alpha value is -0.180. The summed E-state index contributed by atoms with van der Waals surface area (Å²) in [6, 6.07) is 0. The van der Waals surface area contributed by atoms with Gasteiger partial charge in [-0.1, -0.05) is 41.5 Å². The van der Waals surface area contributed by atoms with Crippen LogP contribution in [0.1, 0.15) is 54.4 Å². The van der Waals surface area contributed by atoms with E-state index in [1.165, 1.54) is 0 Å². The highest BCUT2D eigenvalue weighted by Crippen LogP contribution is 2.20. The van der Waals surface area contributed by atoms with Crippen LogP contribution in [0.25, 0.3) is 0 Å². The summed E-state index contributed by atoms with van der Waals surface area (Å²) >= 11 is 1.87. The van der Waals surface area contributed by atoms with Crippen molar-refractivity contribution in [3.05, 3.63) is 0 Å². The van der Waals surface area contributed by atoms with Crippen LogP contribution >= 0.6 is 11.8 Å². The third-order valence-corrected chi connectivity index (χ3v) is 3.77. The SMILES string of the molecule is CC(C)(C)CCNC(=O)CCSCC(C)(C)C. The monoisotopic (exact) mass is 259 g/mol. The Kier molecular flexibility index (Phi) is 7.22. The normalized spacial score (nSPS) is 12.6. The number of nitrogens with one attached hydrogen (secondary N) is 1. The van der Waals surface area contributed by atoms with Gasteiger partial charge in [0, 0.05) is 18.7 Å². The minimum atomic E-state index is 0.190. The minimum Gasteiger partial charge on any atom is -0.356 e. The Bertz CT molecular complexity index is 225. The molecule has 0 bridgehead atoms. The molecule has 0 rings (SSSR count). The zero-order chi connectivity index (χ0) is 13.5. The molecule has 2 nitrogen and oxygen atoms in total. The Morgan fingerprint density at radius 2 is 1.65 bits per heavy atom. The molecule has 0 unspecified atom stereocenters. The number of hydrogen-bond acceptors (Lipinski definition) is 2. The Morgan fingerprint density at radius 1 is 1.06 bits per heavy atom. The Morgan fingerprint density at radius 3 is 2.12 bits per heavy atom. The van der Waals surface area contributed by atoms with Crippen LogP contribution in [-0.4, -0.2) is 24.0 Å². The van der Waals surface area contributed by atoms with Crippen LogP contribution < -0.4 is 5.32 Å². The lowest BCUT2D eigenvalue weighted by molar-refractivity contribution is -0.120. The lowest BCUT2D eigenvalue weighted by Crippen LogP contribution is -2.27. The highest BCUT2D eigenvalue weighted by molar-refractivity contribution is 7.99. The predicted molar refractivity (Wildman–Crippen MR) is 78.5 cm³/mol. The third-order valence-electron chi connectivity index (χ3n) is 2.21. The lowest BCUT2D eigenvalue weighted by Gasteiger charge is -2.18. The molecule has 0 aromatic carbocycles. The first-order valence-corrected chi connectivity index (χ1v) is 7.60. The average Bonchev–Trinajstić information content (AvgIpc) is 2.09. The van der Waals surface area contributed by atoms with Gasteiger partial charge in [-0.25, -0.2) is 0 Å². The summed E-state index contributed by atoms with van der Waals surface area (Å²) in [7, 11) is 0. The molecule has 0 aliphatic rings. The van der Waals surface area contributed by atoms with E-state index in [2.05, 4.69) is 46.9 Å². The van der Waals surface area contributed by atoms with Crippen molar-refractivity contribution in [3.8, 4) is 0 Å². The number of rotatable bonds is 6. The second-order valence-electron chi connectivity index (χ2n) is 7.02. The molecule has 0 aromatic heterocycles. The summed E-state index contributed by atoms with van der Waals surface area (Å²) in [5, 5.41) is 2.98. The van der Waals surface area contributed by atoms with Gasteiger partial charge >= 0.3 is 0 Å². The standard InChI is InChI=1S/C14H29NOS/c1-13(2,3)8-9-15-12(16)7-10-17-11-14(4,5)6/h7-11H2,1-6H3,(H,15,16). The topological polar surface area (TPSA) is 29.1 Å². The molecule has 0 aromatic rings. The maximum absolute atomic E-state index is 11.5. The van der Waals surface area contributed by atoms with E-state index in [-0.39, 0.29) is 5.91 Å². The van der Waals surface area contributed by atoms with Crippen LogP contribution in [0.3, 0.4) is 0 Å². The van der Waals surface area contributed by atoms with Gasteiger partial charge in [-0.05, 0) is 23.0 Å². The van der Waals surface area contributed by atoms with E-state index >= 15 is 0 Å². The zero-order valence-electron chi connectivity index (χ0n) is 12.4. The maximum Gasteiger partial charge on any atom is 0.220 e. The van der Waals surface area contributed by atoms with Gasteiger partial charge < -0.3 is 5.32 Å². The van der Waals surface area contributed by atoms with E-state index in [9.17, 15) is 4.79 Å². The smallest absolute Gasteiger partial charge is 0.220 e. The van der Waals surface area contributed by atoms with Crippen molar-refractivity contribution < 1.29 is 4.79 Å². The van der Waals surface area contributed by atoms with Crippen LogP contribution in [0.4, 0.5) is 0 Å². The Labute approximate surface area is 111 Å². The van der Waals surface area contributed by atoms with E-state index in [1.54, 1.807) is 0 Å². The highest BCUT2D eigenvalue weighted by Gasteiger charge is 2.12. The number of hydrogen-bond donors (Lipinski definition) is 1. The highest BCUT2D eigenvalue weighted by atomic mass is 32.2. The first-order valence-electron chi connectivity index (χ1n) is 6.45. The fourth-order valence-corrected chi connectivity index (χ4v) is 2.29. The molecule has 0 aliphatic carbocycles. The van der Waals surface area contributed by atoms with Crippen LogP contribution in [-0.2, 0) is 4.79 Å². The zero-order valence-corrected chi connectivity index (χ0v) is 13.2. The molecule has 1 N–H and O–H groups in total. The fourth-order valence-electron chi connectivity index (χ4n) is 1.21.